The highest BCUT2D eigenvalue weighted by molar-refractivity contribution is 7.80. The molecule has 30 heavy (non-hydrogen) atoms. The molecule has 9 heteroatoms. The standard InChI is InChI=1S/C21H24ClN3O4S/c1-4-5-6-19(26)24-16-9-8-14(12-18(16)29-3)23-21(30)25-20(27)13-7-10-17(28-2)15(22)11-13/h7-12H,4-6H2,1-3H3,(H,24,26)(H2,23,25,27,30). The number of hydrogen-bond acceptors (Lipinski definition) is 5. The van der Waals surface area contributed by atoms with Gasteiger partial charge in [0.1, 0.15) is 11.5 Å². The van der Waals surface area contributed by atoms with Gasteiger partial charge in [0.2, 0.25) is 5.91 Å². The molecule has 0 unspecified atom stereocenters. The maximum Gasteiger partial charge on any atom is 0.257 e. The molecule has 160 valence electrons. The van der Waals surface area contributed by atoms with Crippen LogP contribution in [0.3, 0.4) is 0 Å². The van der Waals surface area contributed by atoms with Crippen LogP contribution in [0.2, 0.25) is 5.02 Å². The summed E-state index contributed by atoms with van der Waals surface area (Å²) < 4.78 is 10.4. The van der Waals surface area contributed by atoms with E-state index in [0.29, 0.717) is 39.9 Å². The van der Waals surface area contributed by atoms with Crippen molar-refractivity contribution in [3.63, 3.8) is 0 Å². The van der Waals surface area contributed by atoms with E-state index < -0.39 is 5.91 Å². The Morgan fingerprint density at radius 2 is 1.77 bits per heavy atom. The molecule has 0 spiro atoms. The van der Waals surface area contributed by atoms with Crippen molar-refractivity contribution in [3.8, 4) is 11.5 Å². The molecule has 0 aromatic heterocycles. The molecule has 2 aromatic carbocycles. The minimum Gasteiger partial charge on any atom is -0.495 e. The lowest BCUT2D eigenvalue weighted by Crippen LogP contribution is -2.34. The Labute approximate surface area is 186 Å². The Bertz CT molecular complexity index is 936. The zero-order valence-electron chi connectivity index (χ0n) is 17.0. The van der Waals surface area contributed by atoms with E-state index in [1.54, 1.807) is 30.3 Å². The number of nitrogens with one attached hydrogen (secondary N) is 3. The first-order valence-corrected chi connectivity index (χ1v) is 10.1. The SMILES string of the molecule is CCCCC(=O)Nc1ccc(NC(=S)NC(=O)c2ccc(OC)c(Cl)c2)cc1OC. The Kier molecular flexibility index (Phi) is 8.89. The van der Waals surface area contributed by atoms with Gasteiger partial charge in [0.25, 0.3) is 5.91 Å². The van der Waals surface area contributed by atoms with Crippen LogP contribution in [0, 0.1) is 0 Å². The Morgan fingerprint density at radius 1 is 1.03 bits per heavy atom. The summed E-state index contributed by atoms with van der Waals surface area (Å²) in [6.45, 7) is 2.03. The third-order valence-corrected chi connectivity index (χ3v) is 4.63. The molecule has 0 heterocycles. The molecule has 0 saturated carbocycles. The van der Waals surface area contributed by atoms with Crippen molar-refractivity contribution in [2.75, 3.05) is 24.9 Å². The summed E-state index contributed by atoms with van der Waals surface area (Å²) in [5.41, 5.74) is 1.50. The molecule has 2 rings (SSSR count). The average Bonchev–Trinajstić information content (AvgIpc) is 2.73. The molecule has 3 N–H and O–H groups in total. The number of anilines is 2. The van der Waals surface area contributed by atoms with Gasteiger partial charge in [-0.3, -0.25) is 14.9 Å². The maximum absolute atomic E-state index is 12.4. The molecule has 0 saturated heterocycles. The van der Waals surface area contributed by atoms with E-state index in [2.05, 4.69) is 16.0 Å². The van der Waals surface area contributed by atoms with E-state index in [9.17, 15) is 9.59 Å². The normalized spacial score (nSPS) is 10.1. The van der Waals surface area contributed by atoms with Gasteiger partial charge in [0.05, 0.1) is 24.9 Å². The lowest BCUT2D eigenvalue weighted by atomic mass is 10.2. The van der Waals surface area contributed by atoms with Gasteiger partial charge in [-0.25, -0.2) is 0 Å². The molecule has 0 fully saturated rings. The Morgan fingerprint density at radius 3 is 2.40 bits per heavy atom. The highest BCUT2D eigenvalue weighted by atomic mass is 35.5. The summed E-state index contributed by atoms with van der Waals surface area (Å²) >= 11 is 11.3. The first-order chi connectivity index (χ1) is 14.4. The number of methoxy groups -OCH3 is 2. The number of amides is 2. The highest BCUT2D eigenvalue weighted by Crippen LogP contribution is 2.28. The third kappa shape index (κ3) is 6.60. The van der Waals surface area contributed by atoms with Gasteiger partial charge < -0.3 is 20.1 Å². The van der Waals surface area contributed by atoms with Crippen LogP contribution in [0.25, 0.3) is 0 Å². The van der Waals surface area contributed by atoms with Crippen molar-refractivity contribution in [1.82, 2.24) is 5.32 Å². The largest absolute Gasteiger partial charge is 0.495 e. The Hall–Kier alpha value is -2.84. The molecule has 0 aliphatic carbocycles. The number of hydrogen-bond donors (Lipinski definition) is 3. The van der Waals surface area contributed by atoms with E-state index in [-0.39, 0.29) is 11.0 Å². The van der Waals surface area contributed by atoms with Gasteiger partial charge in [-0.05, 0) is 49.0 Å². The smallest absolute Gasteiger partial charge is 0.257 e. The molecule has 2 aromatic rings. The van der Waals surface area contributed by atoms with E-state index in [4.69, 9.17) is 33.3 Å². The molecule has 0 atom stereocenters. The number of thiocarbonyl (C=S) groups is 1. The molecule has 0 bridgehead atoms. The van der Waals surface area contributed by atoms with Crippen LogP contribution in [0.5, 0.6) is 11.5 Å². The zero-order valence-corrected chi connectivity index (χ0v) is 18.6. The third-order valence-electron chi connectivity index (χ3n) is 4.13. The number of ether oxygens (including phenoxy) is 2. The van der Waals surface area contributed by atoms with Gasteiger partial charge >= 0.3 is 0 Å². The predicted octanol–water partition coefficient (Wildman–Crippen LogP) is 4.61. The lowest BCUT2D eigenvalue weighted by Gasteiger charge is -2.14. The lowest BCUT2D eigenvalue weighted by molar-refractivity contribution is -0.116. The molecule has 0 aliphatic rings. The van der Waals surface area contributed by atoms with E-state index in [1.807, 2.05) is 6.92 Å². The van der Waals surface area contributed by atoms with E-state index >= 15 is 0 Å². The number of carbonyl (C=O) groups excluding carboxylic acids is 2. The molecule has 0 aliphatic heterocycles. The summed E-state index contributed by atoms with van der Waals surface area (Å²) in [4.78, 5) is 24.3. The van der Waals surface area contributed by atoms with E-state index in [1.165, 1.54) is 20.3 Å². The second-order valence-corrected chi connectivity index (χ2v) is 7.14. The average molecular weight is 450 g/mol. The number of halogens is 1. The first kappa shape index (κ1) is 23.4. The van der Waals surface area contributed by atoms with Crippen molar-refractivity contribution in [3.05, 3.63) is 47.0 Å². The predicted molar refractivity (Wildman–Crippen MR) is 123 cm³/mol. The second-order valence-electron chi connectivity index (χ2n) is 6.32. The number of rotatable bonds is 8. The van der Waals surface area contributed by atoms with Crippen LogP contribution in [0.4, 0.5) is 11.4 Å². The Balaban J connectivity index is 2.01. The summed E-state index contributed by atoms with van der Waals surface area (Å²) in [7, 11) is 3.00. The monoisotopic (exact) mass is 449 g/mol. The van der Waals surface area contributed by atoms with Gasteiger partial charge in [0.15, 0.2) is 5.11 Å². The fourth-order valence-electron chi connectivity index (χ4n) is 2.57. The minimum atomic E-state index is -0.413. The summed E-state index contributed by atoms with van der Waals surface area (Å²) in [5.74, 6) is 0.462. The van der Waals surface area contributed by atoms with Gasteiger partial charge in [-0.2, -0.15) is 0 Å². The number of carbonyl (C=O) groups is 2. The van der Waals surface area contributed by atoms with Crippen LogP contribution in [-0.2, 0) is 4.79 Å². The van der Waals surface area contributed by atoms with Crippen LogP contribution in [0.1, 0.15) is 36.5 Å². The van der Waals surface area contributed by atoms with Gasteiger partial charge in [0, 0.05) is 23.7 Å². The number of unbranched alkanes of at least 4 members (excludes halogenated alkanes) is 1. The van der Waals surface area contributed by atoms with Crippen molar-refractivity contribution >= 4 is 52.1 Å². The second kappa shape index (κ2) is 11.4. The van der Waals surface area contributed by atoms with Crippen LogP contribution >= 0.6 is 23.8 Å². The van der Waals surface area contributed by atoms with Crippen molar-refractivity contribution in [2.24, 2.45) is 0 Å². The fourth-order valence-corrected chi connectivity index (χ4v) is 3.04. The van der Waals surface area contributed by atoms with Crippen LogP contribution in [-0.4, -0.2) is 31.1 Å². The topological polar surface area (TPSA) is 88.7 Å². The fraction of sp³-hybridized carbons (Fsp3) is 0.286. The molecule has 7 nitrogen and oxygen atoms in total. The van der Waals surface area contributed by atoms with E-state index in [0.717, 1.165) is 12.8 Å². The summed E-state index contributed by atoms with van der Waals surface area (Å²) in [5, 5.41) is 8.76. The zero-order chi connectivity index (χ0) is 22.1. The molecule has 0 radical (unpaired) electrons. The molecular formula is C21H24ClN3O4S. The minimum absolute atomic E-state index is 0.0724. The maximum atomic E-state index is 12.4. The van der Waals surface area contributed by atoms with Gasteiger partial charge in [-0.1, -0.05) is 24.9 Å². The number of benzene rings is 2. The molecular weight excluding hydrogens is 426 g/mol. The van der Waals surface area contributed by atoms with Crippen molar-refractivity contribution in [2.45, 2.75) is 26.2 Å². The van der Waals surface area contributed by atoms with Crippen LogP contribution < -0.4 is 25.4 Å². The van der Waals surface area contributed by atoms with Crippen molar-refractivity contribution < 1.29 is 19.1 Å². The first-order valence-electron chi connectivity index (χ1n) is 9.31. The van der Waals surface area contributed by atoms with Gasteiger partial charge in [-0.15, -0.1) is 0 Å². The molecule has 2 amide bonds. The summed E-state index contributed by atoms with van der Waals surface area (Å²) in [6, 6.07) is 9.79. The van der Waals surface area contributed by atoms with Crippen LogP contribution in [0.15, 0.2) is 36.4 Å². The van der Waals surface area contributed by atoms with Crippen molar-refractivity contribution in [1.29, 1.82) is 0 Å². The summed E-state index contributed by atoms with van der Waals surface area (Å²) in [6.07, 6.45) is 2.21. The quantitative estimate of drug-likeness (QED) is 0.510. The highest BCUT2D eigenvalue weighted by Gasteiger charge is 2.12.